The van der Waals surface area contributed by atoms with Gasteiger partial charge < -0.3 is 15.4 Å². The van der Waals surface area contributed by atoms with E-state index in [0.717, 1.165) is 24.5 Å². The highest BCUT2D eigenvalue weighted by molar-refractivity contribution is 5.73. The fraction of sp³-hybridized carbons (Fsp3) is 0.583. The topological polar surface area (TPSA) is 81.3 Å². The summed E-state index contributed by atoms with van der Waals surface area (Å²) in [5.74, 6) is -0.323. The molecule has 0 saturated carbocycles. The highest BCUT2D eigenvalue weighted by Gasteiger charge is 2.21. The normalized spacial score (nSPS) is 20.8. The van der Waals surface area contributed by atoms with Crippen molar-refractivity contribution < 1.29 is 9.53 Å². The molecule has 1 aromatic heterocycles. The van der Waals surface area contributed by atoms with Gasteiger partial charge in [0.2, 0.25) is 5.91 Å². The maximum atomic E-state index is 10.7. The molecule has 2 rings (SSSR count). The molecule has 1 unspecified atom stereocenters. The number of likely N-dealkylation sites (N-methyl/N-ethyl adjacent to an activating group) is 1. The van der Waals surface area contributed by atoms with Crippen molar-refractivity contribution in [3.8, 4) is 0 Å². The standard InChI is InChI=1S/C12H18N4O2/c1-16-4-5-18-11(8-16)10-7-14-6-9(15-10)2-3-12(13)17/h6-7,11H,2-5,8H2,1H3,(H2,13,17). The van der Waals surface area contributed by atoms with Crippen molar-refractivity contribution in [2.75, 3.05) is 26.7 Å². The van der Waals surface area contributed by atoms with Gasteiger partial charge in [-0.25, -0.2) is 0 Å². The molecule has 2 heterocycles. The Bertz CT molecular complexity index is 424. The second kappa shape index (κ2) is 5.88. The highest BCUT2D eigenvalue weighted by Crippen LogP contribution is 2.19. The SMILES string of the molecule is CN1CCOC(c2cncc(CCC(N)=O)n2)C1. The van der Waals surface area contributed by atoms with Crippen LogP contribution in [0.25, 0.3) is 0 Å². The summed E-state index contributed by atoms with van der Waals surface area (Å²) in [7, 11) is 2.06. The third-order valence-electron chi connectivity index (χ3n) is 2.93. The number of morpholine rings is 1. The number of primary amides is 1. The summed E-state index contributed by atoms with van der Waals surface area (Å²) >= 11 is 0. The van der Waals surface area contributed by atoms with Crippen molar-refractivity contribution in [2.24, 2.45) is 5.73 Å². The molecule has 1 atom stereocenters. The van der Waals surface area contributed by atoms with Crippen LogP contribution in [0.3, 0.4) is 0 Å². The van der Waals surface area contributed by atoms with Crippen LogP contribution in [0.5, 0.6) is 0 Å². The largest absolute Gasteiger partial charge is 0.370 e. The number of carbonyl (C=O) groups excluding carboxylic acids is 1. The average molecular weight is 250 g/mol. The summed E-state index contributed by atoms with van der Waals surface area (Å²) < 4.78 is 5.68. The zero-order valence-corrected chi connectivity index (χ0v) is 10.5. The zero-order valence-electron chi connectivity index (χ0n) is 10.5. The first-order chi connectivity index (χ1) is 8.65. The van der Waals surface area contributed by atoms with Crippen LogP contribution in [-0.2, 0) is 16.0 Å². The minimum atomic E-state index is -0.323. The predicted molar refractivity (Wildman–Crippen MR) is 65.7 cm³/mol. The molecule has 1 aliphatic heterocycles. The summed E-state index contributed by atoms with van der Waals surface area (Å²) in [5.41, 5.74) is 6.72. The number of nitrogens with zero attached hydrogens (tertiary/aromatic N) is 3. The number of aromatic nitrogens is 2. The van der Waals surface area contributed by atoms with Crippen LogP contribution in [0.2, 0.25) is 0 Å². The lowest BCUT2D eigenvalue weighted by atomic mass is 10.2. The van der Waals surface area contributed by atoms with E-state index < -0.39 is 0 Å². The van der Waals surface area contributed by atoms with Crippen LogP contribution in [0.15, 0.2) is 12.4 Å². The van der Waals surface area contributed by atoms with Crippen molar-refractivity contribution in [2.45, 2.75) is 18.9 Å². The second-order valence-electron chi connectivity index (χ2n) is 4.52. The number of carbonyl (C=O) groups is 1. The Morgan fingerprint density at radius 3 is 3.17 bits per heavy atom. The Hall–Kier alpha value is -1.53. The molecule has 0 radical (unpaired) electrons. The molecule has 2 N–H and O–H groups in total. The Kier molecular flexibility index (Phi) is 4.22. The average Bonchev–Trinajstić information content (AvgIpc) is 2.37. The van der Waals surface area contributed by atoms with Gasteiger partial charge in [0.05, 0.1) is 24.2 Å². The van der Waals surface area contributed by atoms with E-state index in [0.29, 0.717) is 19.4 Å². The van der Waals surface area contributed by atoms with Gasteiger partial charge in [0, 0.05) is 25.7 Å². The van der Waals surface area contributed by atoms with Crippen LogP contribution in [-0.4, -0.2) is 47.5 Å². The van der Waals surface area contributed by atoms with Gasteiger partial charge in [-0.3, -0.25) is 14.8 Å². The van der Waals surface area contributed by atoms with Gasteiger partial charge in [-0.2, -0.15) is 0 Å². The molecule has 18 heavy (non-hydrogen) atoms. The van der Waals surface area contributed by atoms with Crippen LogP contribution < -0.4 is 5.73 Å². The van der Waals surface area contributed by atoms with Crippen molar-refractivity contribution in [3.63, 3.8) is 0 Å². The van der Waals surface area contributed by atoms with Gasteiger partial charge in [0.25, 0.3) is 0 Å². The first-order valence-corrected chi connectivity index (χ1v) is 6.04. The molecule has 6 heteroatoms. The molecule has 1 saturated heterocycles. The van der Waals surface area contributed by atoms with Gasteiger partial charge in [0.1, 0.15) is 6.10 Å². The molecule has 6 nitrogen and oxygen atoms in total. The third kappa shape index (κ3) is 3.48. The summed E-state index contributed by atoms with van der Waals surface area (Å²) in [5, 5.41) is 0. The minimum Gasteiger partial charge on any atom is -0.370 e. The molecule has 1 aliphatic rings. The Morgan fingerprint density at radius 1 is 1.61 bits per heavy atom. The number of rotatable bonds is 4. The predicted octanol–water partition coefficient (Wildman–Crippen LogP) is -0.102. The molecule has 98 valence electrons. The van der Waals surface area contributed by atoms with E-state index in [9.17, 15) is 4.79 Å². The van der Waals surface area contributed by atoms with Crippen LogP contribution >= 0.6 is 0 Å². The van der Waals surface area contributed by atoms with Crippen LogP contribution in [0.1, 0.15) is 23.9 Å². The van der Waals surface area contributed by atoms with Crippen molar-refractivity contribution >= 4 is 5.91 Å². The van der Waals surface area contributed by atoms with E-state index >= 15 is 0 Å². The summed E-state index contributed by atoms with van der Waals surface area (Å²) in [4.78, 5) is 21.6. The number of hydrogen-bond donors (Lipinski definition) is 1. The monoisotopic (exact) mass is 250 g/mol. The fourth-order valence-corrected chi connectivity index (χ4v) is 1.91. The first kappa shape index (κ1) is 12.9. The Balaban J connectivity index is 2.04. The van der Waals surface area contributed by atoms with Gasteiger partial charge in [-0.15, -0.1) is 0 Å². The summed E-state index contributed by atoms with van der Waals surface area (Å²) in [6.07, 6.45) is 4.17. The minimum absolute atomic E-state index is 0.0372. The number of ether oxygens (including phenoxy) is 1. The Labute approximate surface area is 106 Å². The van der Waals surface area contributed by atoms with Gasteiger partial charge in [-0.05, 0) is 13.5 Å². The summed E-state index contributed by atoms with van der Waals surface area (Å²) in [6.45, 7) is 2.45. The van der Waals surface area contributed by atoms with E-state index in [1.807, 2.05) is 0 Å². The molecule has 0 bridgehead atoms. The lowest BCUT2D eigenvalue weighted by Crippen LogP contribution is -2.35. The first-order valence-electron chi connectivity index (χ1n) is 6.04. The molecule has 1 fully saturated rings. The van der Waals surface area contributed by atoms with Crippen LogP contribution in [0, 0.1) is 0 Å². The number of aryl methyl sites for hydroxylation is 1. The van der Waals surface area contributed by atoms with Gasteiger partial charge in [0.15, 0.2) is 0 Å². The Morgan fingerprint density at radius 2 is 2.44 bits per heavy atom. The quantitative estimate of drug-likeness (QED) is 0.807. The number of amides is 1. The lowest BCUT2D eigenvalue weighted by Gasteiger charge is -2.29. The second-order valence-corrected chi connectivity index (χ2v) is 4.52. The number of nitrogens with two attached hydrogens (primary N) is 1. The van der Waals surface area contributed by atoms with E-state index in [2.05, 4.69) is 21.9 Å². The number of hydrogen-bond acceptors (Lipinski definition) is 5. The van der Waals surface area contributed by atoms with Crippen molar-refractivity contribution in [1.82, 2.24) is 14.9 Å². The molecule has 0 aliphatic carbocycles. The summed E-state index contributed by atoms with van der Waals surface area (Å²) in [6, 6.07) is 0. The smallest absolute Gasteiger partial charge is 0.217 e. The van der Waals surface area contributed by atoms with Crippen molar-refractivity contribution in [1.29, 1.82) is 0 Å². The van der Waals surface area contributed by atoms with Crippen molar-refractivity contribution in [3.05, 3.63) is 23.8 Å². The zero-order chi connectivity index (χ0) is 13.0. The lowest BCUT2D eigenvalue weighted by molar-refractivity contribution is -0.118. The van der Waals surface area contributed by atoms with E-state index in [1.54, 1.807) is 12.4 Å². The molecular weight excluding hydrogens is 232 g/mol. The van der Waals surface area contributed by atoms with Gasteiger partial charge in [-0.1, -0.05) is 0 Å². The maximum Gasteiger partial charge on any atom is 0.217 e. The molecule has 0 aromatic carbocycles. The van der Waals surface area contributed by atoms with E-state index in [-0.39, 0.29) is 12.0 Å². The highest BCUT2D eigenvalue weighted by atomic mass is 16.5. The third-order valence-corrected chi connectivity index (χ3v) is 2.93. The molecular formula is C12H18N4O2. The fourth-order valence-electron chi connectivity index (χ4n) is 1.91. The van der Waals surface area contributed by atoms with E-state index in [1.165, 1.54) is 0 Å². The van der Waals surface area contributed by atoms with E-state index in [4.69, 9.17) is 10.5 Å². The van der Waals surface area contributed by atoms with Gasteiger partial charge >= 0.3 is 0 Å². The van der Waals surface area contributed by atoms with Crippen LogP contribution in [0.4, 0.5) is 0 Å². The molecule has 0 spiro atoms. The molecule has 1 aromatic rings. The maximum absolute atomic E-state index is 10.7. The molecule has 1 amide bonds.